The first-order valence-corrected chi connectivity index (χ1v) is 7.63. The number of methoxy groups -OCH3 is 1. The number of hydrogen-bond donors (Lipinski definition) is 0. The van der Waals surface area contributed by atoms with Crippen LogP contribution in [0.2, 0.25) is 0 Å². The molecule has 1 aromatic rings. The van der Waals surface area contributed by atoms with Gasteiger partial charge < -0.3 is 9.64 Å². The van der Waals surface area contributed by atoms with Crippen molar-refractivity contribution in [1.29, 1.82) is 0 Å². The number of rotatable bonds is 4. The summed E-state index contributed by atoms with van der Waals surface area (Å²) in [6.07, 6.45) is 6.51. The first kappa shape index (κ1) is 14.9. The third-order valence-corrected chi connectivity index (χ3v) is 4.38. The molecule has 0 spiro atoms. The first-order valence-electron chi connectivity index (χ1n) is 7.63. The van der Waals surface area contributed by atoms with Crippen molar-refractivity contribution < 1.29 is 9.53 Å². The second kappa shape index (κ2) is 6.78. The van der Waals surface area contributed by atoms with Crippen LogP contribution in [0.15, 0.2) is 18.2 Å². The maximum Gasteiger partial charge on any atom is 0.338 e. The average Bonchev–Trinajstić information content (AvgIpc) is 2.50. The lowest BCUT2D eigenvalue weighted by atomic mass is 9.93. The van der Waals surface area contributed by atoms with Crippen LogP contribution < -0.4 is 4.90 Å². The molecule has 0 unspecified atom stereocenters. The molecule has 0 radical (unpaired) electrons. The normalized spacial score (nSPS) is 15.9. The molecular weight excluding hydrogens is 250 g/mol. The summed E-state index contributed by atoms with van der Waals surface area (Å²) in [5.41, 5.74) is 2.90. The molecule has 20 heavy (non-hydrogen) atoms. The number of hydrogen-bond acceptors (Lipinski definition) is 3. The highest BCUT2D eigenvalue weighted by molar-refractivity contribution is 5.92. The highest BCUT2D eigenvalue weighted by Gasteiger charge is 2.23. The lowest BCUT2D eigenvalue weighted by Gasteiger charge is -2.36. The van der Waals surface area contributed by atoms with Crippen LogP contribution >= 0.6 is 0 Å². The summed E-state index contributed by atoms with van der Waals surface area (Å²) < 4.78 is 4.87. The first-order chi connectivity index (χ1) is 9.69. The molecule has 0 atom stereocenters. The molecule has 0 saturated heterocycles. The van der Waals surface area contributed by atoms with Crippen molar-refractivity contribution in [2.45, 2.75) is 52.0 Å². The monoisotopic (exact) mass is 275 g/mol. The number of anilines is 1. The van der Waals surface area contributed by atoms with E-state index in [1.807, 2.05) is 19.1 Å². The molecule has 3 nitrogen and oxygen atoms in total. The van der Waals surface area contributed by atoms with Gasteiger partial charge in [-0.1, -0.05) is 25.3 Å². The maximum atomic E-state index is 11.8. The minimum atomic E-state index is -0.246. The molecule has 1 saturated carbocycles. The molecule has 0 amide bonds. The molecular formula is C17H25NO2. The summed E-state index contributed by atoms with van der Waals surface area (Å²) in [6.45, 7) is 5.20. The zero-order valence-electron chi connectivity index (χ0n) is 12.8. The number of carbonyl (C=O) groups excluding carboxylic acids is 1. The van der Waals surface area contributed by atoms with Gasteiger partial charge in [-0.25, -0.2) is 4.79 Å². The van der Waals surface area contributed by atoms with Crippen molar-refractivity contribution in [2.24, 2.45) is 0 Å². The SMILES string of the molecule is CCN(c1cccc(C(=O)OC)c1C)C1CCCCC1. The Bertz CT molecular complexity index is 464. The molecule has 0 bridgehead atoms. The highest BCUT2D eigenvalue weighted by Crippen LogP contribution is 2.30. The topological polar surface area (TPSA) is 29.5 Å². The smallest absolute Gasteiger partial charge is 0.338 e. The van der Waals surface area contributed by atoms with Crippen LogP contribution in [0.3, 0.4) is 0 Å². The molecule has 110 valence electrons. The van der Waals surface area contributed by atoms with Gasteiger partial charge in [0.1, 0.15) is 0 Å². The molecule has 0 aromatic heterocycles. The van der Waals surface area contributed by atoms with Gasteiger partial charge in [0.15, 0.2) is 0 Å². The summed E-state index contributed by atoms with van der Waals surface area (Å²) in [4.78, 5) is 14.3. The Balaban J connectivity index is 2.31. The number of ether oxygens (including phenoxy) is 1. The summed E-state index contributed by atoms with van der Waals surface area (Å²) in [7, 11) is 1.44. The van der Waals surface area contributed by atoms with Crippen LogP contribution in [-0.2, 0) is 4.74 Å². The molecule has 2 rings (SSSR count). The zero-order valence-corrected chi connectivity index (χ0v) is 12.8. The highest BCUT2D eigenvalue weighted by atomic mass is 16.5. The van der Waals surface area contributed by atoms with E-state index < -0.39 is 0 Å². The Kier molecular flexibility index (Phi) is 5.05. The lowest BCUT2D eigenvalue weighted by Crippen LogP contribution is -2.37. The van der Waals surface area contributed by atoms with Crippen LogP contribution in [-0.4, -0.2) is 25.7 Å². The van der Waals surface area contributed by atoms with Crippen LogP contribution in [0, 0.1) is 6.92 Å². The molecule has 1 fully saturated rings. The van der Waals surface area contributed by atoms with E-state index in [1.54, 1.807) is 0 Å². The molecule has 0 N–H and O–H groups in total. The zero-order chi connectivity index (χ0) is 14.5. The van der Waals surface area contributed by atoms with Crippen molar-refractivity contribution in [3.8, 4) is 0 Å². The Morgan fingerprint density at radius 3 is 2.60 bits per heavy atom. The summed E-state index contributed by atoms with van der Waals surface area (Å²) in [5.74, 6) is -0.246. The Morgan fingerprint density at radius 1 is 1.30 bits per heavy atom. The van der Waals surface area contributed by atoms with Gasteiger partial charge in [-0.15, -0.1) is 0 Å². The summed E-state index contributed by atoms with van der Waals surface area (Å²) in [6, 6.07) is 6.54. The van der Waals surface area contributed by atoms with Gasteiger partial charge in [0, 0.05) is 18.3 Å². The van der Waals surface area contributed by atoms with E-state index in [2.05, 4.69) is 17.9 Å². The van der Waals surface area contributed by atoms with Crippen molar-refractivity contribution in [2.75, 3.05) is 18.6 Å². The standard InChI is InChI=1S/C17H25NO2/c1-4-18(14-9-6-5-7-10-14)16-12-8-11-15(13(16)2)17(19)20-3/h8,11-12,14H,4-7,9-10H2,1-3H3. The minimum absolute atomic E-state index is 0.246. The van der Waals surface area contributed by atoms with Crippen molar-refractivity contribution in [3.63, 3.8) is 0 Å². The number of carbonyl (C=O) groups is 1. The molecule has 1 aliphatic carbocycles. The Hall–Kier alpha value is -1.51. The summed E-state index contributed by atoms with van der Waals surface area (Å²) >= 11 is 0. The third kappa shape index (κ3) is 2.97. The van der Waals surface area contributed by atoms with Gasteiger partial charge in [-0.2, -0.15) is 0 Å². The number of benzene rings is 1. The van der Waals surface area contributed by atoms with Gasteiger partial charge in [0.25, 0.3) is 0 Å². The van der Waals surface area contributed by atoms with E-state index >= 15 is 0 Å². The van der Waals surface area contributed by atoms with E-state index in [9.17, 15) is 4.79 Å². The van der Waals surface area contributed by atoms with Gasteiger partial charge >= 0.3 is 5.97 Å². The third-order valence-electron chi connectivity index (χ3n) is 4.38. The van der Waals surface area contributed by atoms with Crippen LogP contribution in [0.25, 0.3) is 0 Å². The van der Waals surface area contributed by atoms with Crippen LogP contribution in [0.5, 0.6) is 0 Å². The predicted octanol–water partition coefficient (Wildman–Crippen LogP) is 3.94. The van der Waals surface area contributed by atoms with Crippen LogP contribution in [0.1, 0.15) is 54.9 Å². The van der Waals surface area contributed by atoms with E-state index in [-0.39, 0.29) is 5.97 Å². The Morgan fingerprint density at radius 2 is 2.00 bits per heavy atom. The molecule has 1 aliphatic rings. The van der Waals surface area contributed by atoms with E-state index in [0.29, 0.717) is 11.6 Å². The number of nitrogens with zero attached hydrogens (tertiary/aromatic N) is 1. The van der Waals surface area contributed by atoms with Gasteiger partial charge in [-0.3, -0.25) is 0 Å². The molecule has 3 heteroatoms. The molecule has 0 aliphatic heterocycles. The van der Waals surface area contributed by atoms with Crippen LogP contribution in [0.4, 0.5) is 5.69 Å². The van der Waals surface area contributed by atoms with E-state index in [4.69, 9.17) is 4.74 Å². The Labute approximate surface area is 121 Å². The minimum Gasteiger partial charge on any atom is -0.465 e. The second-order valence-corrected chi connectivity index (χ2v) is 5.52. The quantitative estimate of drug-likeness (QED) is 0.779. The fourth-order valence-corrected chi connectivity index (χ4v) is 3.28. The van der Waals surface area contributed by atoms with E-state index in [0.717, 1.165) is 12.1 Å². The van der Waals surface area contributed by atoms with Gasteiger partial charge in [0.2, 0.25) is 0 Å². The van der Waals surface area contributed by atoms with Gasteiger partial charge in [0.05, 0.1) is 12.7 Å². The molecule has 1 aromatic carbocycles. The number of esters is 1. The maximum absolute atomic E-state index is 11.8. The van der Waals surface area contributed by atoms with Crippen molar-refractivity contribution in [3.05, 3.63) is 29.3 Å². The average molecular weight is 275 g/mol. The second-order valence-electron chi connectivity index (χ2n) is 5.52. The largest absolute Gasteiger partial charge is 0.465 e. The lowest BCUT2D eigenvalue weighted by molar-refractivity contribution is 0.0600. The predicted molar refractivity (Wildman–Crippen MR) is 82.4 cm³/mol. The molecule has 0 heterocycles. The van der Waals surface area contributed by atoms with Crippen molar-refractivity contribution in [1.82, 2.24) is 0 Å². The van der Waals surface area contributed by atoms with E-state index in [1.165, 1.54) is 44.9 Å². The summed E-state index contributed by atoms with van der Waals surface area (Å²) in [5, 5.41) is 0. The fraction of sp³-hybridized carbons (Fsp3) is 0.588. The van der Waals surface area contributed by atoms with Crippen molar-refractivity contribution >= 4 is 11.7 Å². The van der Waals surface area contributed by atoms with Gasteiger partial charge in [-0.05, 0) is 44.4 Å². The fourth-order valence-electron chi connectivity index (χ4n) is 3.28.